The van der Waals surface area contributed by atoms with Crippen LogP contribution in [0.5, 0.6) is 0 Å². The van der Waals surface area contributed by atoms with Crippen molar-refractivity contribution >= 4 is 0 Å². The van der Waals surface area contributed by atoms with Crippen LogP contribution in [-0.4, -0.2) is 52.1 Å². The molecule has 4 heteroatoms. The Bertz CT molecular complexity index is 257. The fraction of sp³-hybridized carbons (Fsp3) is 1.00. The molecule has 118 valence electrons. The summed E-state index contributed by atoms with van der Waals surface area (Å²) in [7, 11) is 3.51. The molecular weight excluding hydrogens is 252 g/mol. The second kappa shape index (κ2) is 8.98. The third-order valence-electron chi connectivity index (χ3n) is 4.98. The zero-order chi connectivity index (χ0) is 14.2. The number of piperidine rings is 1. The van der Waals surface area contributed by atoms with Crippen LogP contribution in [0, 0.1) is 5.92 Å². The van der Waals surface area contributed by atoms with Gasteiger partial charge in [-0.05, 0) is 38.1 Å². The lowest BCUT2D eigenvalue weighted by atomic mass is 9.77. The molecule has 2 N–H and O–H groups in total. The molecule has 4 nitrogen and oxygen atoms in total. The Balaban J connectivity index is 1.82. The first-order chi connectivity index (χ1) is 9.85. The smallest absolute Gasteiger partial charge is 0.0928 e. The van der Waals surface area contributed by atoms with Gasteiger partial charge in [0, 0.05) is 32.8 Å². The third-order valence-corrected chi connectivity index (χ3v) is 4.98. The molecule has 20 heavy (non-hydrogen) atoms. The average Bonchev–Trinajstić information content (AvgIpc) is 2.52. The van der Waals surface area contributed by atoms with Gasteiger partial charge in [-0.25, -0.2) is 0 Å². The van der Waals surface area contributed by atoms with Crippen molar-refractivity contribution in [2.45, 2.75) is 63.1 Å². The zero-order valence-electron chi connectivity index (χ0n) is 13.2. The van der Waals surface area contributed by atoms with E-state index in [2.05, 4.69) is 10.6 Å². The Hall–Kier alpha value is -0.160. The maximum atomic E-state index is 5.46. The number of nitrogens with one attached hydrogen (secondary N) is 2. The summed E-state index contributed by atoms with van der Waals surface area (Å²) >= 11 is 0. The molecule has 0 aromatic carbocycles. The van der Waals surface area contributed by atoms with E-state index in [9.17, 15) is 0 Å². The molecule has 0 amide bonds. The highest BCUT2D eigenvalue weighted by atomic mass is 16.5. The van der Waals surface area contributed by atoms with Crippen molar-refractivity contribution in [3.63, 3.8) is 0 Å². The summed E-state index contributed by atoms with van der Waals surface area (Å²) in [5.41, 5.74) is 0. The molecule has 0 spiro atoms. The van der Waals surface area contributed by atoms with Crippen molar-refractivity contribution in [2.75, 3.05) is 33.9 Å². The molecule has 4 atom stereocenters. The third kappa shape index (κ3) is 4.69. The molecule has 0 aromatic heterocycles. The van der Waals surface area contributed by atoms with Gasteiger partial charge >= 0.3 is 0 Å². The van der Waals surface area contributed by atoms with Crippen molar-refractivity contribution in [1.29, 1.82) is 0 Å². The summed E-state index contributed by atoms with van der Waals surface area (Å²) in [4.78, 5) is 0. The summed E-state index contributed by atoms with van der Waals surface area (Å²) in [6.07, 6.45) is 9.71. The van der Waals surface area contributed by atoms with E-state index in [0.29, 0.717) is 12.6 Å². The van der Waals surface area contributed by atoms with Gasteiger partial charge in [0.2, 0.25) is 0 Å². The highest BCUT2D eigenvalue weighted by Gasteiger charge is 2.32. The quantitative estimate of drug-likeness (QED) is 0.750. The molecule has 0 aromatic rings. The number of ether oxygens (including phenoxy) is 2. The minimum atomic E-state index is 0.168. The van der Waals surface area contributed by atoms with E-state index < -0.39 is 0 Å². The van der Waals surface area contributed by atoms with Gasteiger partial charge in [0.05, 0.1) is 12.7 Å². The van der Waals surface area contributed by atoms with Gasteiger partial charge in [-0.2, -0.15) is 0 Å². The number of hydrogen-bond donors (Lipinski definition) is 2. The first-order valence-corrected chi connectivity index (χ1v) is 8.33. The molecule has 0 radical (unpaired) electrons. The maximum Gasteiger partial charge on any atom is 0.0928 e. The van der Waals surface area contributed by atoms with Crippen molar-refractivity contribution in [3.8, 4) is 0 Å². The van der Waals surface area contributed by atoms with Gasteiger partial charge in [-0.3, -0.25) is 0 Å². The zero-order valence-corrected chi connectivity index (χ0v) is 13.2. The molecule has 2 rings (SSSR count). The summed E-state index contributed by atoms with van der Waals surface area (Å²) < 4.78 is 10.7. The van der Waals surface area contributed by atoms with Crippen LogP contribution in [0.15, 0.2) is 0 Å². The molecule has 0 bridgehead atoms. The first kappa shape index (κ1) is 16.2. The molecule has 1 heterocycles. The van der Waals surface area contributed by atoms with Crippen LogP contribution in [0.4, 0.5) is 0 Å². The summed E-state index contributed by atoms with van der Waals surface area (Å²) in [6.45, 7) is 2.78. The van der Waals surface area contributed by atoms with Gasteiger partial charge in [0.25, 0.3) is 0 Å². The molecule has 2 aliphatic rings. The van der Waals surface area contributed by atoms with Crippen molar-refractivity contribution in [3.05, 3.63) is 0 Å². The highest BCUT2D eigenvalue weighted by molar-refractivity contribution is 4.90. The molecule has 1 aliphatic carbocycles. The predicted molar refractivity (Wildman–Crippen MR) is 82.1 cm³/mol. The Morgan fingerprint density at radius 3 is 2.60 bits per heavy atom. The van der Waals surface area contributed by atoms with Gasteiger partial charge < -0.3 is 20.1 Å². The summed E-state index contributed by atoms with van der Waals surface area (Å²) in [5, 5.41) is 7.51. The summed E-state index contributed by atoms with van der Waals surface area (Å²) in [6, 6.07) is 1.37. The van der Waals surface area contributed by atoms with Crippen LogP contribution in [0.1, 0.15) is 44.9 Å². The van der Waals surface area contributed by atoms with E-state index in [4.69, 9.17) is 9.47 Å². The monoisotopic (exact) mass is 284 g/mol. The second-order valence-corrected chi connectivity index (χ2v) is 6.33. The van der Waals surface area contributed by atoms with Gasteiger partial charge in [-0.1, -0.05) is 19.3 Å². The van der Waals surface area contributed by atoms with Gasteiger partial charge in [0.1, 0.15) is 0 Å². The molecule has 1 saturated carbocycles. The van der Waals surface area contributed by atoms with Crippen molar-refractivity contribution in [1.82, 2.24) is 10.6 Å². The van der Waals surface area contributed by atoms with Crippen LogP contribution in [0.25, 0.3) is 0 Å². The number of hydrogen-bond acceptors (Lipinski definition) is 4. The summed E-state index contributed by atoms with van der Waals surface area (Å²) in [5.74, 6) is 0.795. The first-order valence-electron chi connectivity index (χ1n) is 8.33. The Morgan fingerprint density at radius 1 is 1.10 bits per heavy atom. The minimum Gasteiger partial charge on any atom is -0.382 e. The molecule has 4 unspecified atom stereocenters. The van der Waals surface area contributed by atoms with E-state index >= 15 is 0 Å². The lowest BCUT2D eigenvalue weighted by Gasteiger charge is -2.40. The van der Waals surface area contributed by atoms with E-state index in [1.807, 2.05) is 0 Å². The van der Waals surface area contributed by atoms with Crippen LogP contribution >= 0.6 is 0 Å². The highest BCUT2D eigenvalue weighted by Crippen LogP contribution is 2.30. The van der Waals surface area contributed by atoms with Crippen LogP contribution < -0.4 is 10.6 Å². The molecule has 2 fully saturated rings. The van der Waals surface area contributed by atoms with Gasteiger partial charge in [-0.15, -0.1) is 0 Å². The van der Waals surface area contributed by atoms with E-state index in [0.717, 1.165) is 18.5 Å². The second-order valence-electron chi connectivity index (χ2n) is 6.33. The Morgan fingerprint density at radius 2 is 1.90 bits per heavy atom. The van der Waals surface area contributed by atoms with Crippen molar-refractivity contribution < 1.29 is 9.47 Å². The molecular formula is C16H32N2O2. The van der Waals surface area contributed by atoms with Crippen LogP contribution in [0.2, 0.25) is 0 Å². The van der Waals surface area contributed by atoms with E-state index in [1.165, 1.54) is 51.5 Å². The van der Waals surface area contributed by atoms with E-state index in [1.54, 1.807) is 14.2 Å². The van der Waals surface area contributed by atoms with E-state index in [-0.39, 0.29) is 6.10 Å². The lowest BCUT2D eigenvalue weighted by molar-refractivity contribution is 0.0239. The lowest BCUT2D eigenvalue weighted by Crippen LogP contribution is -2.52. The Kier molecular flexibility index (Phi) is 7.28. The van der Waals surface area contributed by atoms with Crippen LogP contribution in [0.3, 0.4) is 0 Å². The van der Waals surface area contributed by atoms with Crippen molar-refractivity contribution in [2.24, 2.45) is 5.92 Å². The SMILES string of the molecule is COCC(CNC1CCCCC1C1CCCCN1)OC. The molecule has 1 aliphatic heterocycles. The number of methoxy groups -OCH3 is 2. The normalized spacial score (nSPS) is 33.0. The minimum absolute atomic E-state index is 0.168. The predicted octanol–water partition coefficient (Wildman–Crippen LogP) is 1.94. The fourth-order valence-corrected chi connectivity index (χ4v) is 3.82. The van der Waals surface area contributed by atoms with Crippen LogP contribution in [-0.2, 0) is 9.47 Å². The fourth-order valence-electron chi connectivity index (χ4n) is 3.82. The topological polar surface area (TPSA) is 42.5 Å². The standard InChI is InChI=1S/C16H32N2O2/c1-19-12-13(20-2)11-18-16-8-4-3-7-14(16)15-9-5-6-10-17-15/h13-18H,3-12H2,1-2H3. The average molecular weight is 284 g/mol. The molecule has 1 saturated heterocycles. The Labute approximate surface area is 124 Å². The maximum absolute atomic E-state index is 5.46. The number of rotatable bonds is 7. The van der Waals surface area contributed by atoms with Gasteiger partial charge in [0.15, 0.2) is 0 Å². The largest absolute Gasteiger partial charge is 0.382 e.